The molecule has 116 valence electrons. The largest absolute Gasteiger partial charge is 0.382 e. The Bertz CT molecular complexity index is 507. The van der Waals surface area contributed by atoms with Gasteiger partial charge in [0.25, 0.3) is 5.91 Å². The number of nitrogens with one attached hydrogen (secondary N) is 2. The summed E-state index contributed by atoms with van der Waals surface area (Å²) in [5.41, 5.74) is 5.94. The molecule has 4 N–H and O–H groups in total. The quantitative estimate of drug-likeness (QED) is 0.774. The van der Waals surface area contributed by atoms with Gasteiger partial charge in [-0.1, -0.05) is 17.8 Å². The van der Waals surface area contributed by atoms with Crippen LogP contribution in [0.5, 0.6) is 0 Å². The van der Waals surface area contributed by atoms with Gasteiger partial charge in [0.05, 0.1) is 0 Å². The maximum absolute atomic E-state index is 12.4. The van der Waals surface area contributed by atoms with E-state index in [1.165, 1.54) is 30.6 Å². The molecule has 1 aliphatic heterocycles. The number of aromatic nitrogens is 1. The van der Waals surface area contributed by atoms with Crippen molar-refractivity contribution in [1.29, 1.82) is 0 Å². The molecule has 6 nitrogen and oxygen atoms in total. The fraction of sp³-hybridized carbons (Fsp3) is 0.714. The smallest absolute Gasteiger partial charge is 0.265 e. The molecule has 1 unspecified atom stereocenters. The predicted molar refractivity (Wildman–Crippen MR) is 85.9 cm³/mol. The van der Waals surface area contributed by atoms with Gasteiger partial charge in [0.1, 0.15) is 10.7 Å². The molecule has 2 aliphatic rings. The number of nitrogens with zero attached hydrogens (tertiary/aromatic N) is 2. The molecule has 1 atom stereocenters. The van der Waals surface area contributed by atoms with Crippen molar-refractivity contribution in [3.8, 4) is 0 Å². The number of anilines is 2. The standard InChI is InChI=1S/C14H23N5OS/c1-9(10-3-2-4-10)17-13(20)11-12(15)18-14(21-11)19-7-5-16-6-8-19/h9-10,16H,2-8,15H2,1H3,(H,17,20). The van der Waals surface area contributed by atoms with Crippen LogP contribution in [0.3, 0.4) is 0 Å². The fourth-order valence-corrected chi connectivity index (χ4v) is 3.74. The van der Waals surface area contributed by atoms with Crippen LogP contribution in [0, 0.1) is 5.92 Å². The highest BCUT2D eigenvalue weighted by molar-refractivity contribution is 7.18. The third-order valence-electron chi connectivity index (χ3n) is 4.45. The van der Waals surface area contributed by atoms with Gasteiger partial charge >= 0.3 is 0 Å². The molecule has 0 aromatic carbocycles. The van der Waals surface area contributed by atoms with Crippen molar-refractivity contribution in [2.24, 2.45) is 5.92 Å². The first-order valence-electron chi connectivity index (χ1n) is 7.68. The third-order valence-corrected chi connectivity index (χ3v) is 5.58. The Morgan fingerprint density at radius 1 is 1.48 bits per heavy atom. The Labute approximate surface area is 129 Å². The normalized spacial score (nSPS) is 20.9. The summed E-state index contributed by atoms with van der Waals surface area (Å²) in [6.45, 7) is 5.79. The molecule has 1 aromatic heterocycles. The average Bonchev–Trinajstić information content (AvgIpc) is 2.80. The molecule has 1 aliphatic carbocycles. The van der Waals surface area contributed by atoms with Gasteiger partial charge in [-0.25, -0.2) is 4.98 Å². The van der Waals surface area contributed by atoms with E-state index in [2.05, 4.69) is 27.4 Å². The van der Waals surface area contributed by atoms with Crippen LogP contribution in [-0.2, 0) is 0 Å². The predicted octanol–water partition coefficient (Wildman–Crippen LogP) is 1.05. The summed E-state index contributed by atoms with van der Waals surface area (Å²) in [7, 11) is 0. The van der Waals surface area contributed by atoms with Crippen LogP contribution in [-0.4, -0.2) is 43.1 Å². The summed E-state index contributed by atoms with van der Waals surface area (Å²) in [5.74, 6) is 0.897. The average molecular weight is 309 g/mol. The van der Waals surface area contributed by atoms with Gasteiger partial charge in [0.2, 0.25) is 0 Å². The number of hydrogen-bond donors (Lipinski definition) is 3. The highest BCUT2D eigenvalue weighted by atomic mass is 32.1. The minimum absolute atomic E-state index is 0.0780. The number of nitrogen functional groups attached to an aromatic ring is 1. The number of rotatable bonds is 4. The van der Waals surface area contributed by atoms with Gasteiger partial charge in [0, 0.05) is 32.2 Å². The van der Waals surface area contributed by atoms with Gasteiger partial charge in [-0.05, 0) is 25.7 Å². The number of hydrogen-bond acceptors (Lipinski definition) is 6. The van der Waals surface area contributed by atoms with E-state index in [1.807, 2.05) is 0 Å². The van der Waals surface area contributed by atoms with Crippen molar-refractivity contribution < 1.29 is 4.79 Å². The highest BCUT2D eigenvalue weighted by Crippen LogP contribution is 2.31. The van der Waals surface area contributed by atoms with Gasteiger partial charge in [-0.2, -0.15) is 0 Å². The van der Waals surface area contributed by atoms with Crippen LogP contribution < -0.4 is 21.3 Å². The van der Waals surface area contributed by atoms with Gasteiger partial charge < -0.3 is 21.3 Å². The van der Waals surface area contributed by atoms with Crippen molar-refractivity contribution >= 4 is 28.2 Å². The summed E-state index contributed by atoms with van der Waals surface area (Å²) in [6, 6.07) is 0.218. The molecule has 0 radical (unpaired) electrons. The van der Waals surface area contributed by atoms with Gasteiger partial charge in [-0.3, -0.25) is 4.79 Å². The Kier molecular flexibility index (Phi) is 4.30. The van der Waals surface area contributed by atoms with Gasteiger partial charge in [-0.15, -0.1) is 0 Å². The van der Waals surface area contributed by atoms with E-state index in [0.29, 0.717) is 16.6 Å². The second-order valence-corrected chi connectivity index (χ2v) is 6.88. The van der Waals surface area contributed by atoms with Crippen LogP contribution in [0.25, 0.3) is 0 Å². The Morgan fingerprint density at radius 3 is 2.81 bits per heavy atom. The second-order valence-electron chi connectivity index (χ2n) is 5.90. The zero-order valence-electron chi connectivity index (χ0n) is 12.4. The van der Waals surface area contributed by atoms with Crippen LogP contribution in [0.4, 0.5) is 10.9 Å². The molecule has 1 saturated carbocycles. The van der Waals surface area contributed by atoms with Crippen LogP contribution >= 0.6 is 11.3 Å². The SMILES string of the molecule is CC(NC(=O)c1sc(N2CCNCC2)nc1N)C1CCC1. The summed E-state index contributed by atoms with van der Waals surface area (Å²) in [5, 5.41) is 7.24. The molecule has 21 heavy (non-hydrogen) atoms. The first kappa shape index (κ1) is 14.6. The van der Waals surface area contributed by atoms with E-state index in [4.69, 9.17) is 5.73 Å². The maximum atomic E-state index is 12.4. The monoisotopic (exact) mass is 309 g/mol. The Morgan fingerprint density at radius 2 is 2.19 bits per heavy atom. The highest BCUT2D eigenvalue weighted by Gasteiger charge is 2.27. The molecular formula is C14H23N5OS. The lowest BCUT2D eigenvalue weighted by molar-refractivity contribution is 0.0914. The zero-order chi connectivity index (χ0) is 14.8. The molecule has 0 spiro atoms. The summed E-state index contributed by atoms with van der Waals surface area (Å²) in [6.07, 6.45) is 3.71. The number of piperazine rings is 1. The van der Waals surface area contributed by atoms with Crippen molar-refractivity contribution in [2.75, 3.05) is 36.8 Å². The lowest BCUT2D eigenvalue weighted by Gasteiger charge is -2.31. The molecule has 1 amide bonds. The Hall–Kier alpha value is -1.34. The van der Waals surface area contributed by atoms with Crippen molar-refractivity contribution in [3.63, 3.8) is 0 Å². The summed E-state index contributed by atoms with van der Waals surface area (Å²) in [4.78, 5) is 19.5. The molecule has 0 bridgehead atoms. The lowest BCUT2D eigenvalue weighted by Crippen LogP contribution is -2.43. The van der Waals surface area contributed by atoms with Crippen molar-refractivity contribution in [2.45, 2.75) is 32.2 Å². The molecule has 1 saturated heterocycles. The number of carbonyl (C=O) groups is 1. The number of nitrogens with two attached hydrogens (primary N) is 1. The first-order chi connectivity index (χ1) is 10.1. The first-order valence-corrected chi connectivity index (χ1v) is 8.49. The topological polar surface area (TPSA) is 83.3 Å². The third kappa shape index (κ3) is 3.13. The fourth-order valence-electron chi connectivity index (χ4n) is 2.80. The minimum atomic E-state index is -0.0780. The van der Waals surface area contributed by atoms with Crippen LogP contribution in [0.1, 0.15) is 35.9 Å². The molecule has 1 aromatic rings. The number of amides is 1. The minimum Gasteiger partial charge on any atom is -0.382 e. The Balaban J connectivity index is 1.66. The van der Waals surface area contributed by atoms with Gasteiger partial charge in [0.15, 0.2) is 5.13 Å². The molecule has 2 fully saturated rings. The van der Waals surface area contributed by atoms with E-state index in [1.54, 1.807) is 0 Å². The van der Waals surface area contributed by atoms with E-state index in [-0.39, 0.29) is 11.9 Å². The summed E-state index contributed by atoms with van der Waals surface area (Å²) >= 11 is 1.40. The van der Waals surface area contributed by atoms with Crippen LogP contribution in [0.2, 0.25) is 0 Å². The van der Waals surface area contributed by atoms with Crippen molar-refractivity contribution in [1.82, 2.24) is 15.6 Å². The molecule has 7 heteroatoms. The molecular weight excluding hydrogens is 286 g/mol. The lowest BCUT2D eigenvalue weighted by atomic mass is 9.80. The van der Waals surface area contributed by atoms with E-state index >= 15 is 0 Å². The summed E-state index contributed by atoms with van der Waals surface area (Å²) < 4.78 is 0. The van der Waals surface area contributed by atoms with E-state index < -0.39 is 0 Å². The second kappa shape index (κ2) is 6.19. The van der Waals surface area contributed by atoms with E-state index in [9.17, 15) is 4.79 Å². The molecule has 2 heterocycles. The maximum Gasteiger partial charge on any atom is 0.265 e. The zero-order valence-corrected chi connectivity index (χ0v) is 13.2. The van der Waals surface area contributed by atoms with Crippen LogP contribution in [0.15, 0.2) is 0 Å². The number of carbonyl (C=O) groups excluding carboxylic acids is 1. The number of thiazole rings is 1. The molecule has 3 rings (SSSR count). The van der Waals surface area contributed by atoms with E-state index in [0.717, 1.165) is 31.3 Å². The van der Waals surface area contributed by atoms with Crippen molar-refractivity contribution in [3.05, 3.63) is 4.88 Å².